The van der Waals surface area contributed by atoms with E-state index in [1.54, 1.807) is 22.0 Å². The van der Waals surface area contributed by atoms with Crippen molar-refractivity contribution in [1.29, 1.82) is 0 Å². The molecule has 0 unspecified atom stereocenters. The van der Waals surface area contributed by atoms with Gasteiger partial charge in [0.25, 0.3) is 0 Å². The first-order valence-electron chi connectivity index (χ1n) is 15.3. The van der Waals surface area contributed by atoms with Crippen molar-refractivity contribution in [3.05, 3.63) is 80.8 Å². The third kappa shape index (κ3) is 7.78. The number of allylic oxidation sites excluding steroid dienone is 3. The Morgan fingerprint density at radius 1 is 0.769 bits per heavy atom. The fourth-order valence-electron chi connectivity index (χ4n) is 5.75. The van der Waals surface area contributed by atoms with E-state index in [-0.39, 0.29) is 6.33 Å². The summed E-state index contributed by atoms with van der Waals surface area (Å²) in [5.41, 5.74) is 13.5. The lowest BCUT2D eigenvalue weighted by atomic mass is 9.83. The van der Waals surface area contributed by atoms with Gasteiger partial charge in [-0.25, -0.2) is 0 Å². The average Bonchev–Trinajstić information content (AvgIpc) is 3.10. The summed E-state index contributed by atoms with van der Waals surface area (Å²) in [7, 11) is 0. The summed E-state index contributed by atoms with van der Waals surface area (Å²) in [6, 6.07) is 9.62. The maximum Gasteiger partial charge on any atom is 0.0455 e. The van der Waals surface area contributed by atoms with Gasteiger partial charge in [0, 0.05) is 30.4 Å². The highest BCUT2D eigenvalue weighted by atomic mass is 33.1. The molecule has 1 aliphatic rings. The minimum atomic E-state index is -0.308. The summed E-state index contributed by atoms with van der Waals surface area (Å²) < 4.78 is 0. The SMILES string of the molecule is C/C=C(\C(=C/C)P(SCCCC)SCCCC)N1Cc2ccc(C)c(CC)c2-c2c(ccc(C)c2CCC)C1. The van der Waals surface area contributed by atoms with Crippen LogP contribution in [0.15, 0.2) is 47.4 Å². The monoisotopic (exact) mass is 581 g/mol. The maximum absolute atomic E-state index is 2.70. The van der Waals surface area contributed by atoms with Crippen molar-refractivity contribution in [1.82, 2.24) is 4.90 Å². The van der Waals surface area contributed by atoms with Crippen LogP contribution in [0.4, 0.5) is 0 Å². The minimum absolute atomic E-state index is 0.308. The van der Waals surface area contributed by atoms with E-state index < -0.39 is 0 Å². The van der Waals surface area contributed by atoms with Crippen molar-refractivity contribution in [3.63, 3.8) is 0 Å². The van der Waals surface area contributed by atoms with Crippen LogP contribution in [0.2, 0.25) is 0 Å². The second-order valence-electron chi connectivity index (χ2n) is 10.7. The predicted octanol–water partition coefficient (Wildman–Crippen LogP) is 12.0. The number of aryl methyl sites for hydroxylation is 2. The molecule has 0 aliphatic carbocycles. The number of benzene rings is 2. The molecule has 1 aliphatic heterocycles. The van der Waals surface area contributed by atoms with Crippen LogP contribution in [0.25, 0.3) is 11.1 Å². The van der Waals surface area contributed by atoms with E-state index in [9.17, 15) is 0 Å². The molecule has 0 saturated carbocycles. The third-order valence-corrected chi connectivity index (χ3v) is 15.7. The summed E-state index contributed by atoms with van der Waals surface area (Å²) >= 11 is 4.45. The van der Waals surface area contributed by atoms with Gasteiger partial charge in [-0.1, -0.05) is 83.4 Å². The molecule has 1 nitrogen and oxygen atoms in total. The number of unbranched alkanes of at least 4 members (excludes halogenated alkanes) is 2. The lowest BCUT2D eigenvalue weighted by Gasteiger charge is -2.31. The van der Waals surface area contributed by atoms with E-state index >= 15 is 0 Å². The van der Waals surface area contributed by atoms with Gasteiger partial charge < -0.3 is 4.90 Å². The number of hydrogen-bond acceptors (Lipinski definition) is 3. The second kappa shape index (κ2) is 16.3. The van der Waals surface area contributed by atoms with Crippen LogP contribution >= 0.6 is 29.1 Å². The van der Waals surface area contributed by atoms with Crippen LogP contribution in [0.3, 0.4) is 0 Å². The van der Waals surface area contributed by atoms with Gasteiger partial charge in [0.05, 0.1) is 0 Å². The van der Waals surface area contributed by atoms with E-state index in [0.717, 1.165) is 25.9 Å². The normalized spacial score (nSPS) is 14.0. The minimum Gasteiger partial charge on any atom is -0.363 e. The van der Waals surface area contributed by atoms with Gasteiger partial charge in [0.2, 0.25) is 0 Å². The van der Waals surface area contributed by atoms with Crippen LogP contribution in [0.1, 0.15) is 107 Å². The van der Waals surface area contributed by atoms with E-state index in [1.807, 2.05) is 0 Å². The molecule has 0 spiro atoms. The molecule has 4 heteroatoms. The Hall–Kier alpha value is -1.15. The molecule has 39 heavy (non-hydrogen) atoms. The molecule has 0 N–H and O–H groups in total. The van der Waals surface area contributed by atoms with Gasteiger partial charge in [-0.3, -0.25) is 0 Å². The Morgan fingerprint density at radius 3 is 1.77 bits per heavy atom. The molecular formula is C35H52NPS2. The van der Waals surface area contributed by atoms with Crippen LogP contribution in [0.5, 0.6) is 0 Å². The second-order valence-corrected chi connectivity index (χ2v) is 17.5. The van der Waals surface area contributed by atoms with Crippen molar-refractivity contribution in [3.8, 4) is 11.1 Å². The molecule has 214 valence electrons. The summed E-state index contributed by atoms with van der Waals surface area (Å²) in [5, 5.41) is 1.57. The Kier molecular flexibility index (Phi) is 13.6. The van der Waals surface area contributed by atoms with Crippen molar-refractivity contribution in [2.45, 2.75) is 113 Å². The number of nitrogens with zero attached hydrogens (tertiary/aromatic N) is 1. The molecule has 0 amide bonds. The summed E-state index contributed by atoms with van der Waals surface area (Å²) in [6.45, 7) is 20.4. The van der Waals surface area contributed by atoms with Crippen molar-refractivity contribution >= 4 is 29.1 Å². The third-order valence-electron chi connectivity index (χ3n) is 7.85. The highest BCUT2D eigenvalue weighted by Gasteiger charge is 2.29. The highest BCUT2D eigenvalue weighted by Crippen LogP contribution is 2.69. The Labute approximate surface area is 250 Å². The Morgan fingerprint density at radius 2 is 1.31 bits per heavy atom. The van der Waals surface area contributed by atoms with E-state index in [4.69, 9.17) is 0 Å². The molecular weight excluding hydrogens is 530 g/mol. The van der Waals surface area contributed by atoms with Gasteiger partial charge in [-0.05, 0) is 109 Å². The van der Waals surface area contributed by atoms with Crippen molar-refractivity contribution < 1.29 is 0 Å². The molecule has 2 aromatic carbocycles. The Balaban J connectivity index is 2.14. The first kappa shape index (κ1) is 32.4. The molecule has 3 rings (SSSR count). The fraction of sp³-hybridized carbons (Fsp3) is 0.543. The first-order valence-corrected chi connectivity index (χ1v) is 19.8. The van der Waals surface area contributed by atoms with Gasteiger partial charge >= 0.3 is 0 Å². The molecule has 0 bridgehead atoms. The average molecular weight is 582 g/mol. The molecule has 0 saturated heterocycles. The lowest BCUT2D eigenvalue weighted by Crippen LogP contribution is -2.22. The maximum atomic E-state index is 2.70. The van der Waals surface area contributed by atoms with Crippen molar-refractivity contribution in [2.24, 2.45) is 0 Å². The van der Waals surface area contributed by atoms with Crippen LogP contribution in [-0.4, -0.2) is 16.4 Å². The van der Waals surface area contributed by atoms with Gasteiger partial charge in [-0.2, -0.15) is 0 Å². The number of hydrogen-bond donors (Lipinski definition) is 0. The van der Waals surface area contributed by atoms with E-state index in [2.05, 4.69) is 119 Å². The Bertz CT molecular complexity index is 1140. The zero-order valence-corrected chi connectivity index (χ0v) is 28.5. The van der Waals surface area contributed by atoms with Gasteiger partial charge in [0.15, 0.2) is 0 Å². The largest absolute Gasteiger partial charge is 0.363 e. The highest BCUT2D eigenvalue weighted by molar-refractivity contribution is 8.89. The summed E-state index contributed by atoms with van der Waals surface area (Å²) in [6.07, 6.45) is 13.1. The van der Waals surface area contributed by atoms with Gasteiger partial charge in [0.1, 0.15) is 0 Å². The zero-order valence-electron chi connectivity index (χ0n) is 26.0. The number of fused-ring (bicyclic) bond motifs is 3. The summed E-state index contributed by atoms with van der Waals surface area (Å²) in [4.78, 5) is 2.70. The topological polar surface area (TPSA) is 3.24 Å². The molecule has 0 aromatic heterocycles. The summed E-state index contributed by atoms with van der Waals surface area (Å²) in [5.74, 6) is 2.53. The van der Waals surface area contributed by atoms with Crippen LogP contribution < -0.4 is 0 Å². The van der Waals surface area contributed by atoms with Crippen LogP contribution in [0, 0.1) is 13.8 Å². The number of rotatable bonds is 14. The zero-order chi connectivity index (χ0) is 28.4. The first-order chi connectivity index (χ1) is 18.9. The van der Waals surface area contributed by atoms with E-state index in [0.29, 0.717) is 0 Å². The molecule has 0 fully saturated rings. The molecule has 0 radical (unpaired) electrons. The fourth-order valence-corrected chi connectivity index (χ4v) is 14.0. The lowest BCUT2D eigenvalue weighted by molar-refractivity contribution is 0.341. The van der Waals surface area contributed by atoms with E-state index in [1.165, 1.54) is 77.1 Å². The molecule has 1 heterocycles. The smallest absolute Gasteiger partial charge is 0.0455 e. The standard InChI is InChI=1S/C35H52NPS2/c1-9-15-22-38-37(39-23-16-10-2)33(14-6)32(13-5)36-24-28-20-18-26(7)30(12-4)34(28)35-29(25-36)21-19-27(8)31(35)17-11-3/h13-14,18-21H,9-12,15-17,22-25H2,1-8H3/b32-13+,33-14+. The van der Waals surface area contributed by atoms with Gasteiger partial charge in [-0.15, -0.1) is 22.8 Å². The quantitative estimate of drug-likeness (QED) is 0.124. The molecule has 0 atom stereocenters. The van der Waals surface area contributed by atoms with Crippen molar-refractivity contribution in [2.75, 3.05) is 11.5 Å². The van der Waals surface area contributed by atoms with Crippen LogP contribution in [-0.2, 0) is 25.9 Å². The molecule has 2 aromatic rings. The predicted molar refractivity (Wildman–Crippen MR) is 183 cm³/mol.